The van der Waals surface area contributed by atoms with E-state index in [2.05, 4.69) is 13.8 Å². The van der Waals surface area contributed by atoms with Crippen LogP contribution < -0.4 is 5.73 Å². The number of nitrogens with two attached hydrogens (primary N) is 1. The number of hydrogen-bond donors (Lipinski definition) is 1. The van der Waals surface area contributed by atoms with Crippen molar-refractivity contribution in [2.24, 2.45) is 11.7 Å². The molecule has 1 aliphatic rings. The van der Waals surface area contributed by atoms with Gasteiger partial charge in [0.05, 0.1) is 11.9 Å². The normalized spacial score (nSPS) is 30.6. The van der Waals surface area contributed by atoms with Gasteiger partial charge in [0.1, 0.15) is 0 Å². The van der Waals surface area contributed by atoms with Gasteiger partial charge in [-0.05, 0) is 18.8 Å². The highest BCUT2D eigenvalue weighted by atomic mass is 32.2. The fourth-order valence-electron chi connectivity index (χ4n) is 1.50. The lowest BCUT2D eigenvalue weighted by Gasteiger charge is -2.28. The Morgan fingerprint density at radius 2 is 2.29 bits per heavy atom. The Kier molecular flexibility index (Phi) is 5.06. The van der Waals surface area contributed by atoms with Crippen LogP contribution in [0.2, 0.25) is 0 Å². The van der Waals surface area contributed by atoms with E-state index in [1.807, 2.05) is 0 Å². The second-order valence-electron chi connectivity index (χ2n) is 4.33. The molecule has 0 bridgehead atoms. The molecule has 0 amide bonds. The number of ether oxygens (including phenoxy) is 1. The van der Waals surface area contributed by atoms with Crippen LogP contribution in [0, 0.1) is 5.92 Å². The average molecular weight is 219 g/mol. The zero-order chi connectivity index (χ0) is 10.6. The predicted molar refractivity (Wildman–Crippen MR) is 59.7 cm³/mol. The maximum Gasteiger partial charge on any atom is 0.0733 e. The van der Waals surface area contributed by atoms with Gasteiger partial charge >= 0.3 is 0 Å². The SMILES string of the molecule is CC(C)CCS(=O)C1COCCC1N. The summed E-state index contributed by atoms with van der Waals surface area (Å²) in [6.45, 7) is 5.59. The fourth-order valence-corrected chi connectivity index (χ4v) is 3.28. The smallest absolute Gasteiger partial charge is 0.0733 e. The molecule has 3 atom stereocenters. The van der Waals surface area contributed by atoms with Crippen molar-refractivity contribution < 1.29 is 8.95 Å². The molecule has 14 heavy (non-hydrogen) atoms. The largest absolute Gasteiger partial charge is 0.380 e. The molecule has 1 aliphatic heterocycles. The predicted octanol–water partition coefficient (Wildman–Crippen LogP) is 0.897. The molecule has 3 unspecified atom stereocenters. The Morgan fingerprint density at radius 3 is 2.86 bits per heavy atom. The van der Waals surface area contributed by atoms with Crippen LogP contribution in [-0.4, -0.2) is 34.5 Å². The first-order valence-electron chi connectivity index (χ1n) is 5.31. The highest BCUT2D eigenvalue weighted by molar-refractivity contribution is 7.85. The summed E-state index contributed by atoms with van der Waals surface area (Å²) in [5.74, 6) is 1.37. The fraction of sp³-hybridized carbons (Fsp3) is 1.00. The molecule has 2 N–H and O–H groups in total. The standard InChI is InChI=1S/C10H21NO2S/c1-8(2)4-6-14(12)10-7-13-5-3-9(10)11/h8-10H,3-7,11H2,1-2H3. The van der Waals surface area contributed by atoms with Crippen molar-refractivity contribution in [2.75, 3.05) is 19.0 Å². The molecule has 4 heteroatoms. The highest BCUT2D eigenvalue weighted by Crippen LogP contribution is 2.13. The highest BCUT2D eigenvalue weighted by Gasteiger charge is 2.27. The van der Waals surface area contributed by atoms with Crippen LogP contribution in [0.3, 0.4) is 0 Å². The zero-order valence-corrected chi connectivity index (χ0v) is 9.89. The Labute approximate surface area is 88.8 Å². The summed E-state index contributed by atoms with van der Waals surface area (Å²) in [5, 5.41) is 0.0579. The molecule has 1 fully saturated rings. The van der Waals surface area contributed by atoms with Crippen molar-refractivity contribution in [1.82, 2.24) is 0 Å². The molecule has 3 nitrogen and oxygen atoms in total. The zero-order valence-electron chi connectivity index (χ0n) is 9.07. The summed E-state index contributed by atoms with van der Waals surface area (Å²) in [4.78, 5) is 0. The third-order valence-electron chi connectivity index (χ3n) is 2.59. The van der Waals surface area contributed by atoms with Gasteiger partial charge in [-0.1, -0.05) is 13.8 Å². The van der Waals surface area contributed by atoms with Gasteiger partial charge in [0.25, 0.3) is 0 Å². The van der Waals surface area contributed by atoms with Crippen LogP contribution in [0.1, 0.15) is 26.7 Å². The molecule has 0 aromatic carbocycles. The molecule has 0 saturated carbocycles. The Morgan fingerprint density at radius 1 is 1.57 bits per heavy atom. The van der Waals surface area contributed by atoms with E-state index >= 15 is 0 Å². The van der Waals surface area contributed by atoms with E-state index in [0.717, 1.165) is 25.2 Å². The van der Waals surface area contributed by atoms with Crippen molar-refractivity contribution >= 4 is 10.8 Å². The monoisotopic (exact) mass is 219 g/mol. The molecule has 84 valence electrons. The van der Waals surface area contributed by atoms with Crippen LogP contribution in [-0.2, 0) is 15.5 Å². The number of hydrogen-bond acceptors (Lipinski definition) is 3. The summed E-state index contributed by atoms with van der Waals surface area (Å²) in [5.41, 5.74) is 5.91. The number of rotatable bonds is 4. The van der Waals surface area contributed by atoms with Gasteiger partial charge < -0.3 is 10.5 Å². The lowest BCUT2D eigenvalue weighted by molar-refractivity contribution is 0.0903. The van der Waals surface area contributed by atoms with Crippen molar-refractivity contribution in [3.05, 3.63) is 0 Å². The second-order valence-corrected chi connectivity index (χ2v) is 6.11. The lowest BCUT2D eigenvalue weighted by Crippen LogP contribution is -2.46. The van der Waals surface area contributed by atoms with Crippen LogP contribution >= 0.6 is 0 Å². The Bertz CT molecular complexity index is 197. The van der Waals surface area contributed by atoms with Crippen LogP contribution in [0.15, 0.2) is 0 Å². The van der Waals surface area contributed by atoms with E-state index in [4.69, 9.17) is 10.5 Å². The van der Waals surface area contributed by atoms with Crippen LogP contribution in [0.25, 0.3) is 0 Å². The van der Waals surface area contributed by atoms with Gasteiger partial charge in [0.15, 0.2) is 0 Å². The van der Waals surface area contributed by atoms with Crippen molar-refractivity contribution in [3.8, 4) is 0 Å². The summed E-state index contributed by atoms with van der Waals surface area (Å²) in [7, 11) is -0.807. The van der Waals surface area contributed by atoms with E-state index in [1.165, 1.54) is 0 Å². The third-order valence-corrected chi connectivity index (χ3v) is 4.39. The van der Waals surface area contributed by atoms with E-state index in [-0.39, 0.29) is 11.3 Å². The first-order chi connectivity index (χ1) is 6.61. The molecule has 1 saturated heterocycles. The maximum absolute atomic E-state index is 11.9. The maximum atomic E-state index is 11.9. The minimum atomic E-state index is -0.807. The summed E-state index contributed by atoms with van der Waals surface area (Å²) < 4.78 is 17.2. The molecule has 1 rings (SSSR count). The van der Waals surface area contributed by atoms with Gasteiger partial charge in [0.2, 0.25) is 0 Å². The van der Waals surface area contributed by atoms with E-state index in [9.17, 15) is 4.21 Å². The van der Waals surface area contributed by atoms with Gasteiger partial charge in [0, 0.05) is 29.2 Å². The molecule has 0 aromatic rings. The van der Waals surface area contributed by atoms with Crippen LogP contribution in [0.4, 0.5) is 0 Å². The lowest BCUT2D eigenvalue weighted by atomic mass is 10.1. The molecule has 0 radical (unpaired) electrons. The minimum Gasteiger partial charge on any atom is -0.380 e. The first kappa shape index (κ1) is 12.1. The van der Waals surface area contributed by atoms with Crippen molar-refractivity contribution in [1.29, 1.82) is 0 Å². The molecule has 0 spiro atoms. The van der Waals surface area contributed by atoms with Gasteiger partial charge in [-0.3, -0.25) is 4.21 Å². The van der Waals surface area contributed by atoms with Crippen molar-refractivity contribution in [2.45, 2.75) is 38.0 Å². The molecule has 0 aromatic heterocycles. The Hall–Kier alpha value is 0.0700. The van der Waals surface area contributed by atoms with Gasteiger partial charge in [-0.15, -0.1) is 0 Å². The van der Waals surface area contributed by atoms with Gasteiger partial charge in [-0.2, -0.15) is 0 Å². The molecular weight excluding hydrogens is 198 g/mol. The first-order valence-corrected chi connectivity index (χ1v) is 6.70. The summed E-state index contributed by atoms with van der Waals surface area (Å²) in [6, 6.07) is 0.0664. The summed E-state index contributed by atoms with van der Waals surface area (Å²) >= 11 is 0. The third kappa shape index (κ3) is 3.67. The molecule has 1 heterocycles. The molecular formula is C10H21NO2S. The minimum absolute atomic E-state index is 0.0579. The summed E-state index contributed by atoms with van der Waals surface area (Å²) in [6.07, 6.45) is 1.86. The average Bonchev–Trinajstić information content (AvgIpc) is 2.15. The molecule has 0 aliphatic carbocycles. The quantitative estimate of drug-likeness (QED) is 0.764. The van der Waals surface area contributed by atoms with E-state index in [1.54, 1.807) is 0 Å². The van der Waals surface area contributed by atoms with E-state index in [0.29, 0.717) is 12.5 Å². The van der Waals surface area contributed by atoms with Crippen LogP contribution in [0.5, 0.6) is 0 Å². The van der Waals surface area contributed by atoms with Gasteiger partial charge in [-0.25, -0.2) is 0 Å². The van der Waals surface area contributed by atoms with E-state index < -0.39 is 10.8 Å². The topological polar surface area (TPSA) is 52.3 Å². The second kappa shape index (κ2) is 5.83. The van der Waals surface area contributed by atoms with Crippen molar-refractivity contribution in [3.63, 3.8) is 0 Å². The Balaban J connectivity index is 2.34.